The molecule has 2 aliphatic carbocycles. The van der Waals surface area contributed by atoms with Crippen molar-refractivity contribution in [3.63, 3.8) is 0 Å². The molecule has 0 radical (unpaired) electrons. The zero-order valence-electron chi connectivity index (χ0n) is 18.2. The van der Waals surface area contributed by atoms with Crippen molar-refractivity contribution in [2.45, 2.75) is 51.4 Å². The van der Waals surface area contributed by atoms with Crippen LogP contribution in [0, 0.1) is 0 Å². The fourth-order valence-electron chi connectivity index (χ4n) is 3.68. The zero-order chi connectivity index (χ0) is 19.3. The Morgan fingerprint density at radius 1 is 0.516 bits per heavy atom. The van der Waals surface area contributed by atoms with Gasteiger partial charge in [0, 0.05) is 0 Å². The van der Waals surface area contributed by atoms with E-state index in [9.17, 15) is 0 Å². The van der Waals surface area contributed by atoms with Gasteiger partial charge in [-0.1, -0.05) is 108 Å². The average Bonchev–Trinajstić information content (AvgIpc) is 3.45. The first-order valence-corrected chi connectivity index (χ1v) is 10.7. The van der Waals surface area contributed by atoms with Crippen LogP contribution in [0.1, 0.15) is 49.7 Å². The van der Waals surface area contributed by atoms with Gasteiger partial charge in [-0.05, 0) is 62.5 Å². The van der Waals surface area contributed by atoms with Crippen LogP contribution in [0.25, 0.3) is 0 Å². The fourth-order valence-corrected chi connectivity index (χ4v) is 3.68. The minimum Gasteiger partial charge on any atom is -1.00 e. The first-order valence-electron chi connectivity index (χ1n) is 10.7. The number of aryl methyl sites for hydroxylation is 2. The van der Waals surface area contributed by atoms with Crippen molar-refractivity contribution in [1.82, 2.24) is 0 Å². The SMILES string of the molecule is C1=CCC(CCCc2ccccc2)=C1.C1=CCC(CCCc2ccccc2)=C1.[Cl-].[Cl-].[Zr+2]. The maximum absolute atomic E-state index is 2.25. The molecule has 0 nitrogen and oxygen atoms in total. The molecular weight excluding hydrogens is 498 g/mol. The van der Waals surface area contributed by atoms with Crippen LogP contribution >= 0.6 is 0 Å². The minimum absolute atomic E-state index is 0. The third-order valence-electron chi connectivity index (χ3n) is 5.31. The zero-order valence-corrected chi connectivity index (χ0v) is 22.1. The Morgan fingerprint density at radius 3 is 1.23 bits per heavy atom. The molecule has 0 aliphatic heterocycles. The van der Waals surface area contributed by atoms with E-state index in [4.69, 9.17) is 0 Å². The second kappa shape index (κ2) is 18.4. The van der Waals surface area contributed by atoms with Gasteiger partial charge < -0.3 is 24.8 Å². The molecule has 4 rings (SSSR count). The predicted molar refractivity (Wildman–Crippen MR) is 122 cm³/mol. The van der Waals surface area contributed by atoms with Crippen LogP contribution in [0.2, 0.25) is 0 Å². The van der Waals surface area contributed by atoms with Crippen molar-refractivity contribution in [2.75, 3.05) is 0 Å². The van der Waals surface area contributed by atoms with Crippen molar-refractivity contribution >= 4 is 0 Å². The van der Waals surface area contributed by atoms with Gasteiger partial charge in [-0.25, -0.2) is 0 Å². The summed E-state index contributed by atoms with van der Waals surface area (Å²) in [5.41, 5.74) is 6.08. The quantitative estimate of drug-likeness (QED) is 0.489. The molecule has 2 aliphatic rings. The van der Waals surface area contributed by atoms with Gasteiger partial charge >= 0.3 is 26.2 Å². The van der Waals surface area contributed by atoms with Gasteiger partial charge in [0.2, 0.25) is 0 Å². The Morgan fingerprint density at radius 2 is 0.903 bits per heavy atom. The third-order valence-corrected chi connectivity index (χ3v) is 5.31. The summed E-state index contributed by atoms with van der Waals surface area (Å²) in [6, 6.07) is 21.5. The molecule has 0 fully saturated rings. The first kappa shape index (κ1) is 29.9. The molecule has 3 heteroatoms. The molecule has 31 heavy (non-hydrogen) atoms. The largest absolute Gasteiger partial charge is 2.00 e. The molecule has 0 bridgehead atoms. The minimum atomic E-state index is 0. The predicted octanol–water partition coefficient (Wildman–Crippen LogP) is 1.80. The number of allylic oxidation sites excluding steroid dienone is 8. The summed E-state index contributed by atoms with van der Waals surface area (Å²) < 4.78 is 0. The maximum Gasteiger partial charge on any atom is 2.00 e. The summed E-state index contributed by atoms with van der Waals surface area (Å²) in [7, 11) is 0. The van der Waals surface area contributed by atoms with Crippen LogP contribution in [0.4, 0.5) is 0 Å². The molecule has 0 saturated carbocycles. The van der Waals surface area contributed by atoms with Crippen LogP contribution < -0.4 is 24.8 Å². The van der Waals surface area contributed by atoms with Gasteiger partial charge in [-0.2, -0.15) is 0 Å². The van der Waals surface area contributed by atoms with E-state index in [-0.39, 0.29) is 51.0 Å². The van der Waals surface area contributed by atoms with E-state index >= 15 is 0 Å². The standard InChI is InChI=1S/2C14H16.2ClH.Zr/c2*1-2-7-13(8-3-1)11-6-12-14-9-4-5-10-14;;;/h2*1-5,7-9H,6,10-12H2;2*1H;/q;;;;+2/p-2. The number of halogens is 2. The maximum atomic E-state index is 2.25. The van der Waals surface area contributed by atoms with E-state index in [2.05, 4.69) is 97.1 Å². The molecule has 0 saturated heterocycles. The van der Waals surface area contributed by atoms with Crippen LogP contribution in [-0.4, -0.2) is 0 Å². The molecule has 2 aromatic carbocycles. The molecule has 0 heterocycles. The number of rotatable bonds is 8. The van der Waals surface area contributed by atoms with E-state index in [0.717, 1.165) is 0 Å². The molecule has 0 N–H and O–H groups in total. The summed E-state index contributed by atoms with van der Waals surface area (Å²) in [6.45, 7) is 0. The molecular formula is C28H32Cl2Zr. The topological polar surface area (TPSA) is 0 Å². The van der Waals surface area contributed by atoms with E-state index in [0.29, 0.717) is 0 Å². The van der Waals surface area contributed by atoms with E-state index in [1.165, 1.54) is 62.5 Å². The van der Waals surface area contributed by atoms with Gasteiger partial charge in [0.15, 0.2) is 0 Å². The van der Waals surface area contributed by atoms with Gasteiger partial charge in [0.25, 0.3) is 0 Å². The summed E-state index contributed by atoms with van der Waals surface area (Å²) in [6.07, 6.45) is 23.1. The van der Waals surface area contributed by atoms with Crippen molar-refractivity contribution in [3.8, 4) is 0 Å². The van der Waals surface area contributed by atoms with Gasteiger partial charge in [-0.3, -0.25) is 0 Å². The second-order valence-electron chi connectivity index (χ2n) is 7.59. The van der Waals surface area contributed by atoms with Crippen LogP contribution in [0.15, 0.2) is 108 Å². The van der Waals surface area contributed by atoms with Crippen LogP contribution in [-0.2, 0) is 39.0 Å². The summed E-state index contributed by atoms with van der Waals surface area (Å²) in [5, 5.41) is 0. The van der Waals surface area contributed by atoms with Crippen molar-refractivity contribution in [2.24, 2.45) is 0 Å². The van der Waals surface area contributed by atoms with E-state index in [1.54, 1.807) is 11.1 Å². The summed E-state index contributed by atoms with van der Waals surface area (Å²) in [4.78, 5) is 0. The fraction of sp³-hybridized carbons (Fsp3) is 0.286. The molecule has 0 aromatic heterocycles. The number of hydrogen-bond acceptors (Lipinski definition) is 0. The van der Waals surface area contributed by atoms with Crippen LogP contribution in [0.5, 0.6) is 0 Å². The Balaban J connectivity index is 0.000000529. The second-order valence-corrected chi connectivity index (χ2v) is 7.59. The van der Waals surface area contributed by atoms with Crippen molar-refractivity contribution < 1.29 is 51.0 Å². The average molecular weight is 531 g/mol. The Bertz CT molecular complexity index is 749. The van der Waals surface area contributed by atoms with Gasteiger partial charge in [0.1, 0.15) is 0 Å². The Labute approximate surface area is 220 Å². The van der Waals surface area contributed by atoms with E-state index in [1.807, 2.05) is 0 Å². The number of hydrogen-bond donors (Lipinski definition) is 0. The number of benzene rings is 2. The normalized spacial score (nSPS) is 13.0. The van der Waals surface area contributed by atoms with Gasteiger partial charge in [0.05, 0.1) is 0 Å². The van der Waals surface area contributed by atoms with Gasteiger partial charge in [-0.15, -0.1) is 0 Å². The van der Waals surface area contributed by atoms with Crippen LogP contribution in [0.3, 0.4) is 0 Å². The third kappa shape index (κ3) is 12.5. The molecule has 162 valence electrons. The van der Waals surface area contributed by atoms with Crippen molar-refractivity contribution in [1.29, 1.82) is 0 Å². The summed E-state index contributed by atoms with van der Waals surface area (Å²) >= 11 is 0. The molecule has 0 unspecified atom stereocenters. The first-order chi connectivity index (χ1) is 13.9. The Hall–Kier alpha value is -1.14. The van der Waals surface area contributed by atoms with E-state index < -0.39 is 0 Å². The smallest absolute Gasteiger partial charge is 1.00 e. The molecule has 2 aromatic rings. The monoisotopic (exact) mass is 528 g/mol. The summed E-state index contributed by atoms with van der Waals surface area (Å²) in [5.74, 6) is 0. The molecule has 0 atom stereocenters. The molecule has 0 amide bonds. The Kier molecular flexibility index (Phi) is 17.8. The molecule has 0 spiro atoms. The van der Waals surface area contributed by atoms with Crippen molar-refractivity contribution in [3.05, 3.63) is 119 Å².